The molecule has 3 aromatic carbocycles. The number of hydrogen-bond acceptors (Lipinski definition) is 7. The van der Waals surface area contributed by atoms with Gasteiger partial charge >= 0.3 is 5.97 Å². The lowest BCUT2D eigenvalue weighted by Gasteiger charge is -2.32. The molecule has 2 atom stereocenters. The number of aromatic carboxylic acids is 1. The predicted octanol–water partition coefficient (Wildman–Crippen LogP) is 4.78. The Balaban J connectivity index is 1.25. The van der Waals surface area contributed by atoms with E-state index in [1.807, 2.05) is 30.3 Å². The lowest BCUT2D eigenvalue weighted by molar-refractivity contribution is -0.124. The number of nitrogens with one attached hydrogen (secondary N) is 1. The number of carboxylic acid groups (broad SMARTS) is 1. The van der Waals surface area contributed by atoms with Gasteiger partial charge in [0.05, 0.1) is 29.4 Å². The molecule has 1 amide bonds. The molecule has 0 aliphatic heterocycles. The molecule has 11 heteroatoms. The second-order valence-corrected chi connectivity index (χ2v) is 12.7. The largest absolute Gasteiger partial charge is 0.476 e. The maximum Gasteiger partial charge on any atom is 0.356 e. The van der Waals surface area contributed by atoms with Crippen molar-refractivity contribution < 1.29 is 32.6 Å². The first kappa shape index (κ1) is 31.0. The normalized spacial score (nSPS) is 16.7. The lowest BCUT2D eigenvalue weighted by atomic mass is 9.92. The van der Waals surface area contributed by atoms with E-state index in [2.05, 4.69) is 10.4 Å². The van der Waals surface area contributed by atoms with Crippen LogP contribution in [0.2, 0.25) is 0 Å². The zero-order chi connectivity index (χ0) is 30.9. The molecule has 1 aromatic heterocycles. The van der Waals surface area contributed by atoms with Crippen LogP contribution in [0, 0.1) is 0 Å². The number of rotatable bonds is 13. The Hall–Kier alpha value is -4.48. The molecule has 0 bridgehead atoms. The highest BCUT2D eigenvalue weighted by molar-refractivity contribution is 7.90. The molecule has 1 aliphatic rings. The Bertz CT molecular complexity index is 1670. The van der Waals surface area contributed by atoms with Crippen LogP contribution in [0.15, 0.2) is 95.9 Å². The van der Waals surface area contributed by atoms with E-state index < -0.39 is 15.8 Å². The molecule has 0 radical (unpaired) electrons. The zero-order valence-corrected chi connectivity index (χ0v) is 25.0. The smallest absolute Gasteiger partial charge is 0.356 e. The number of benzene rings is 3. The van der Waals surface area contributed by atoms with Gasteiger partial charge in [-0.25, -0.2) is 17.9 Å². The van der Waals surface area contributed by atoms with Crippen LogP contribution < -0.4 is 10.1 Å². The molecule has 5 rings (SSSR count). The number of carbonyl (C=O) groups is 2. The summed E-state index contributed by atoms with van der Waals surface area (Å²) >= 11 is 0. The van der Waals surface area contributed by atoms with E-state index in [1.165, 1.54) is 10.7 Å². The van der Waals surface area contributed by atoms with E-state index >= 15 is 0 Å². The summed E-state index contributed by atoms with van der Waals surface area (Å²) in [6.45, 7) is 0.143. The van der Waals surface area contributed by atoms with Gasteiger partial charge in [0.2, 0.25) is 11.8 Å². The highest BCUT2D eigenvalue weighted by Crippen LogP contribution is 2.24. The molecular weight excluding hydrogens is 582 g/mol. The Morgan fingerprint density at radius 3 is 2.27 bits per heavy atom. The Morgan fingerprint density at radius 2 is 1.55 bits per heavy atom. The van der Waals surface area contributed by atoms with E-state index in [0.717, 1.165) is 31.2 Å². The third-order valence-corrected chi connectivity index (χ3v) is 9.23. The van der Waals surface area contributed by atoms with Crippen molar-refractivity contribution in [3.05, 3.63) is 113 Å². The summed E-state index contributed by atoms with van der Waals surface area (Å²) < 4.78 is 39.4. The number of sulfone groups is 1. The van der Waals surface area contributed by atoms with Crippen molar-refractivity contribution in [2.45, 2.75) is 68.2 Å². The van der Waals surface area contributed by atoms with Gasteiger partial charge in [-0.2, -0.15) is 5.10 Å². The zero-order valence-electron chi connectivity index (χ0n) is 24.2. The Labute approximate surface area is 256 Å². The fraction of sp³-hybridized carbons (Fsp3) is 0.303. The van der Waals surface area contributed by atoms with Crippen molar-refractivity contribution in [3.8, 4) is 5.88 Å². The van der Waals surface area contributed by atoms with Crippen molar-refractivity contribution in [1.29, 1.82) is 0 Å². The van der Waals surface area contributed by atoms with Crippen molar-refractivity contribution in [1.82, 2.24) is 15.1 Å². The molecule has 1 fully saturated rings. The van der Waals surface area contributed by atoms with Crippen LogP contribution in [0.5, 0.6) is 5.88 Å². The van der Waals surface area contributed by atoms with E-state index in [0.29, 0.717) is 17.7 Å². The molecule has 0 saturated heterocycles. The SMILES string of the molecule is O=C(Cn1nc(C(=O)O)cc1OCc1ccccc1CS(=O)(=O)c1ccccc1)NC1CCCCC1OCc1ccccc1. The summed E-state index contributed by atoms with van der Waals surface area (Å²) in [5.41, 5.74) is 1.95. The minimum absolute atomic E-state index is 0.0507. The van der Waals surface area contributed by atoms with Gasteiger partial charge in [0, 0.05) is 6.07 Å². The van der Waals surface area contributed by atoms with Gasteiger partial charge in [-0.3, -0.25) is 4.79 Å². The highest BCUT2D eigenvalue weighted by atomic mass is 32.2. The molecule has 2 N–H and O–H groups in total. The summed E-state index contributed by atoms with van der Waals surface area (Å²) in [7, 11) is -3.60. The van der Waals surface area contributed by atoms with Gasteiger partial charge in [0.25, 0.3) is 0 Å². The quantitative estimate of drug-likeness (QED) is 0.219. The fourth-order valence-electron chi connectivity index (χ4n) is 5.27. The van der Waals surface area contributed by atoms with Crippen LogP contribution in [0.25, 0.3) is 0 Å². The molecule has 44 heavy (non-hydrogen) atoms. The average molecular weight is 618 g/mol. The van der Waals surface area contributed by atoms with Gasteiger partial charge in [0.1, 0.15) is 13.2 Å². The number of nitrogens with zero attached hydrogens (tertiary/aromatic N) is 2. The van der Waals surface area contributed by atoms with Crippen LogP contribution >= 0.6 is 0 Å². The molecule has 230 valence electrons. The first-order chi connectivity index (χ1) is 21.3. The predicted molar refractivity (Wildman–Crippen MR) is 163 cm³/mol. The molecule has 0 spiro atoms. The first-order valence-electron chi connectivity index (χ1n) is 14.5. The maximum absolute atomic E-state index is 13.2. The van der Waals surface area contributed by atoms with Gasteiger partial charge in [-0.15, -0.1) is 0 Å². The van der Waals surface area contributed by atoms with E-state index in [4.69, 9.17) is 9.47 Å². The van der Waals surface area contributed by atoms with Crippen LogP contribution in [0.4, 0.5) is 0 Å². The van der Waals surface area contributed by atoms with Crippen LogP contribution in [-0.4, -0.2) is 47.3 Å². The summed E-state index contributed by atoms with van der Waals surface area (Å²) in [5, 5.41) is 16.7. The molecule has 10 nitrogen and oxygen atoms in total. The van der Waals surface area contributed by atoms with Crippen LogP contribution in [-0.2, 0) is 44.9 Å². The van der Waals surface area contributed by atoms with E-state index in [9.17, 15) is 23.1 Å². The number of carbonyl (C=O) groups excluding carboxylic acids is 1. The lowest BCUT2D eigenvalue weighted by Crippen LogP contribution is -2.47. The van der Waals surface area contributed by atoms with Gasteiger partial charge in [-0.1, -0.05) is 85.6 Å². The van der Waals surface area contributed by atoms with Gasteiger partial charge in [-0.05, 0) is 41.7 Å². The maximum atomic E-state index is 13.2. The molecule has 1 heterocycles. The summed E-state index contributed by atoms with van der Waals surface area (Å²) in [6, 6.07) is 26.1. The topological polar surface area (TPSA) is 137 Å². The molecule has 2 unspecified atom stereocenters. The van der Waals surface area contributed by atoms with Gasteiger partial charge in [0.15, 0.2) is 15.5 Å². The van der Waals surface area contributed by atoms with Crippen molar-refractivity contribution in [3.63, 3.8) is 0 Å². The van der Waals surface area contributed by atoms with Crippen LogP contribution in [0.3, 0.4) is 0 Å². The molecule has 1 aliphatic carbocycles. The summed E-state index contributed by atoms with van der Waals surface area (Å²) in [4.78, 5) is 25.1. The monoisotopic (exact) mass is 617 g/mol. The minimum Gasteiger partial charge on any atom is -0.476 e. The van der Waals surface area contributed by atoms with E-state index in [1.54, 1.807) is 54.6 Å². The Kier molecular flexibility index (Phi) is 10.1. The average Bonchev–Trinajstić information content (AvgIpc) is 3.43. The second kappa shape index (κ2) is 14.3. The summed E-state index contributed by atoms with van der Waals surface area (Å²) in [5.74, 6) is -1.75. The van der Waals surface area contributed by atoms with E-state index in [-0.39, 0.29) is 53.4 Å². The number of carboxylic acids is 1. The third-order valence-electron chi connectivity index (χ3n) is 7.55. The minimum atomic E-state index is -3.60. The highest BCUT2D eigenvalue weighted by Gasteiger charge is 2.28. The number of amides is 1. The fourth-order valence-corrected chi connectivity index (χ4v) is 6.70. The Morgan fingerprint density at radius 1 is 0.886 bits per heavy atom. The molecule has 1 saturated carbocycles. The van der Waals surface area contributed by atoms with Crippen molar-refractivity contribution in [2.24, 2.45) is 0 Å². The molecular formula is C33H35N3O7S. The first-order valence-corrected chi connectivity index (χ1v) is 16.2. The standard InChI is InChI=1S/C33H35N3O7S/c37-31(34-28-17-9-10-18-30(28)42-21-24-11-3-1-4-12-24)20-36-32(19-29(35-36)33(38)39)43-22-25-13-7-8-14-26(25)23-44(40,41)27-15-5-2-6-16-27/h1-8,11-16,19,28,30H,9-10,17-18,20-23H2,(H,34,37)(H,38,39). The van der Waals surface area contributed by atoms with Crippen molar-refractivity contribution in [2.75, 3.05) is 0 Å². The third kappa shape index (κ3) is 8.12. The molecule has 4 aromatic rings. The number of aromatic nitrogens is 2. The number of ether oxygens (including phenoxy) is 2. The van der Waals surface area contributed by atoms with Crippen LogP contribution in [0.1, 0.15) is 52.9 Å². The second-order valence-electron chi connectivity index (χ2n) is 10.8. The van der Waals surface area contributed by atoms with Crippen molar-refractivity contribution >= 4 is 21.7 Å². The summed E-state index contributed by atoms with van der Waals surface area (Å²) in [6.07, 6.45) is 3.45. The van der Waals surface area contributed by atoms with Gasteiger partial charge < -0.3 is 19.9 Å². The number of hydrogen-bond donors (Lipinski definition) is 2.